The monoisotopic (exact) mass is 842 g/mol. The average molecular weight is 843 g/mol. The molecule has 310 valence electrons. The van der Waals surface area contributed by atoms with Crippen LogP contribution in [0.1, 0.15) is 61.1 Å². The van der Waals surface area contributed by atoms with Crippen molar-refractivity contribution in [3.8, 4) is 68.0 Å². The van der Waals surface area contributed by atoms with Gasteiger partial charge in [-0.2, -0.15) is 10.5 Å². The maximum atomic E-state index is 11.6. The number of fused-ring (bicyclic) bond motifs is 12. The highest BCUT2D eigenvalue weighted by Gasteiger charge is 2.39. The van der Waals surface area contributed by atoms with Crippen molar-refractivity contribution in [2.24, 2.45) is 0 Å². The summed E-state index contributed by atoms with van der Waals surface area (Å²) in [6, 6.07) is 70.3. The lowest BCUT2D eigenvalue weighted by molar-refractivity contribution is 0.660. The Morgan fingerprint density at radius 3 is 1.12 bits per heavy atom. The van der Waals surface area contributed by atoms with Gasteiger partial charge in [0.1, 0.15) is 12.1 Å². The van der Waals surface area contributed by atoms with Crippen LogP contribution in [0.25, 0.3) is 99.5 Å². The van der Waals surface area contributed by atoms with E-state index in [0.29, 0.717) is 11.1 Å². The molecular formula is C62H42N4. The maximum absolute atomic E-state index is 11.6. The summed E-state index contributed by atoms with van der Waals surface area (Å²) in [6.45, 7) is 9.32. The van der Waals surface area contributed by atoms with E-state index in [9.17, 15) is 10.5 Å². The van der Waals surface area contributed by atoms with Gasteiger partial charge in [-0.25, -0.2) is 0 Å². The van der Waals surface area contributed by atoms with E-state index in [2.05, 4.69) is 195 Å². The number of hydrogen-bond acceptors (Lipinski definition) is 2. The van der Waals surface area contributed by atoms with Crippen LogP contribution in [0.2, 0.25) is 0 Å². The molecule has 0 unspecified atom stereocenters. The quantitative estimate of drug-likeness (QED) is 0.177. The molecule has 0 radical (unpaired) electrons. The van der Waals surface area contributed by atoms with Crippen LogP contribution in [-0.4, -0.2) is 9.13 Å². The summed E-state index contributed by atoms with van der Waals surface area (Å²) in [6.07, 6.45) is 0. The van der Waals surface area contributed by atoms with Crippen LogP contribution in [-0.2, 0) is 10.8 Å². The molecule has 13 rings (SSSR count). The van der Waals surface area contributed by atoms with E-state index >= 15 is 0 Å². The van der Waals surface area contributed by atoms with Crippen molar-refractivity contribution < 1.29 is 0 Å². The Balaban J connectivity index is 1.30. The minimum absolute atomic E-state index is 0.262. The fourth-order valence-electron chi connectivity index (χ4n) is 12.0. The van der Waals surface area contributed by atoms with Gasteiger partial charge in [-0.15, -0.1) is 0 Å². The number of para-hydroxylation sites is 2. The molecule has 0 spiro atoms. The van der Waals surface area contributed by atoms with Gasteiger partial charge in [0.05, 0.1) is 44.6 Å². The molecule has 0 saturated heterocycles. The van der Waals surface area contributed by atoms with Crippen LogP contribution >= 0.6 is 0 Å². The lowest BCUT2D eigenvalue weighted by Gasteiger charge is -2.27. The summed E-state index contributed by atoms with van der Waals surface area (Å²) in [5.74, 6) is 0. The zero-order valence-corrected chi connectivity index (χ0v) is 37.1. The van der Waals surface area contributed by atoms with Crippen LogP contribution in [0.5, 0.6) is 0 Å². The van der Waals surface area contributed by atoms with Crippen LogP contribution in [0.15, 0.2) is 182 Å². The van der Waals surface area contributed by atoms with Gasteiger partial charge in [0.25, 0.3) is 0 Å². The third-order valence-corrected chi connectivity index (χ3v) is 15.0. The molecular weight excluding hydrogens is 801 g/mol. The van der Waals surface area contributed by atoms with Crippen LogP contribution < -0.4 is 0 Å². The van der Waals surface area contributed by atoms with Gasteiger partial charge in [0, 0.05) is 43.5 Å². The number of rotatable bonds is 4. The minimum Gasteiger partial charge on any atom is -0.306 e. The minimum atomic E-state index is -0.262. The molecule has 0 N–H and O–H groups in total. The molecule has 66 heavy (non-hydrogen) atoms. The molecule has 4 heteroatoms. The molecule has 2 aromatic heterocycles. The summed E-state index contributed by atoms with van der Waals surface area (Å²) in [4.78, 5) is 0. The Morgan fingerprint density at radius 2 is 0.712 bits per heavy atom. The van der Waals surface area contributed by atoms with Gasteiger partial charge in [-0.05, 0) is 92.0 Å². The van der Waals surface area contributed by atoms with E-state index in [1.807, 2.05) is 36.4 Å². The fraction of sp³-hybridized carbons (Fsp3) is 0.0968. The molecule has 2 aliphatic rings. The third kappa shape index (κ3) is 4.91. The first-order valence-corrected chi connectivity index (χ1v) is 22.7. The Kier molecular flexibility index (Phi) is 7.81. The first-order chi connectivity index (χ1) is 32.2. The van der Waals surface area contributed by atoms with E-state index in [0.717, 1.165) is 77.2 Å². The number of aromatic nitrogens is 2. The Bertz CT molecular complexity index is 3730. The van der Waals surface area contributed by atoms with Crippen molar-refractivity contribution in [3.05, 3.63) is 215 Å². The Labute approximate surface area is 383 Å². The lowest BCUT2D eigenvalue weighted by atomic mass is 9.82. The number of hydrogen-bond donors (Lipinski definition) is 0. The molecule has 0 bridgehead atoms. The van der Waals surface area contributed by atoms with Crippen molar-refractivity contribution in [3.63, 3.8) is 0 Å². The first kappa shape index (κ1) is 38.1. The van der Waals surface area contributed by atoms with Gasteiger partial charge in [0.15, 0.2) is 0 Å². The van der Waals surface area contributed by atoms with E-state index in [1.165, 1.54) is 44.5 Å². The zero-order valence-electron chi connectivity index (χ0n) is 37.1. The summed E-state index contributed by atoms with van der Waals surface area (Å²) >= 11 is 0. The topological polar surface area (TPSA) is 57.4 Å². The third-order valence-electron chi connectivity index (χ3n) is 15.0. The molecule has 0 saturated carbocycles. The lowest BCUT2D eigenvalue weighted by Crippen LogP contribution is -2.16. The van der Waals surface area contributed by atoms with E-state index < -0.39 is 0 Å². The maximum Gasteiger partial charge on any atom is 0.101 e. The highest BCUT2D eigenvalue weighted by Crippen LogP contribution is 2.55. The number of nitrogens with zero attached hydrogens (tertiary/aromatic N) is 4. The van der Waals surface area contributed by atoms with Crippen LogP contribution in [0, 0.1) is 22.7 Å². The number of benzene rings is 9. The molecule has 0 fully saturated rings. The second-order valence-electron chi connectivity index (χ2n) is 19.0. The highest BCUT2D eigenvalue weighted by atomic mass is 15.1. The normalized spacial score (nSPS) is 14.0. The van der Waals surface area contributed by atoms with Gasteiger partial charge in [-0.3, -0.25) is 0 Å². The van der Waals surface area contributed by atoms with Crippen molar-refractivity contribution in [1.29, 1.82) is 10.5 Å². The summed E-state index contributed by atoms with van der Waals surface area (Å²) in [5.41, 5.74) is 19.3. The molecule has 2 aliphatic carbocycles. The average Bonchev–Trinajstić information content (AvgIpc) is 4.00. The molecule has 9 aromatic carbocycles. The molecule has 4 nitrogen and oxygen atoms in total. The van der Waals surface area contributed by atoms with Gasteiger partial charge < -0.3 is 9.13 Å². The zero-order chi connectivity index (χ0) is 44.6. The Morgan fingerprint density at radius 1 is 0.348 bits per heavy atom. The van der Waals surface area contributed by atoms with Gasteiger partial charge in [0.2, 0.25) is 0 Å². The van der Waals surface area contributed by atoms with Crippen LogP contribution in [0.4, 0.5) is 0 Å². The van der Waals surface area contributed by atoms with Crippen LogP contribution in [0.3, 0.4) is 0 Å². The summed E-state index contributed by atoms with van der Waals surface area (Å²) in [7, 11) is 0. The molecule has 0 aliphatic heterocycles. The predicted octanol–water partition coefficient (Wildman–Crippen LogP) is 15.6. The van der Waals surface area contributed by atoms with E-state index in [-0.39, 0.29) is 10.8 Å². The van der Waals surface area contributed by atoms with E-state index in [4.69, 9.17) is 0 Å². The Hall–Kier alpha value is -8.44. The summed E-state index contributed by atoms with van der Waals surface area (Å²) in [5, 5.41) is 27.7. The molecule has 11 aromatic rings. The van der Waals surface area contributed by atoms with Crippen molar-refractivity contribution in [2.75, 3.05) is 0 Å². The van der Waals surface area contributed by atoms with E-state index in [1.54, 1.807) is 0 Å². The predicted molar refractivity (Wildman–Crippen MR) is 271 cm³/mol. The SMILES string of the molecule is CC1(C)c2ccccc2-c2cc3c4ccccc4n(-c4c(-c5ccccc5)c(C#N)c(C#N)c(-c5ccccc5)c4-n4c5ccccc5c5cc6c(cc54)C(C)(C)c4ccccc4-6)c3cc21. The summed E-state index contributed by atoms with van der Waals surface area (Å²) < 4.78 is 4.84. The number of nitriles is 2. The standard InChI is InChI=1S/C62H42N4/c1-61(2)49-27-15-11-23-39(49)43-31-45-41-25-13-17-29-53(41)65(55(45)33-51(43)61)59-57(37-19-7-5-8-20-37)47(35-63)48(36-64)58(38-21-9-6-10-22-38)60(59)66-54-30-18-14-26-42(54)46-32-44-40-24-12-16-28-50(40)62(3,4)52(44)34-56(46)66/h5-34H,1-4H3. The largest absolute Gasteiger partial charge is 0.306 e. The second-order valence-corrected chi connectivity index (χ2v) is 19.0. The van der Waals surface area contributed by atoms with Crippen molar-refractivity contribution in [2.45, 2.75) is 38.5 Å². The molecule has 0 atom stereocenters. The van der Waals surface area contributed by atoms with Crippen molar-refractivity contribution in [1.82, 2.24) is 9.13 Å². The second kappa shape index (κ2) is 13.5. The fourth-order valence-corrected chi connectivity index (χ4v) is 12.0. The van der Waals surface area contributed by atoms with Crippen molar-refractivity contribution >= 4 is 43.6 Å². The smallest absolute Gasteiger partial charge is 0.101 e. The highest BCUT2D eigenvalue weighted by molar-refractivity contribution is 6.16. The molecule has 2 heterocycles. The first-order valence-electron chi connectivity index (χ1n) is 22.7. The van der Waals surface area contributed by atoms with Gasteiger partial charge >= 0.3 is 0 Å². The molecule has 0 amide bonds. The van der Waals surface area contributed by atoms with Gasteiger partial charge in [-0.1, -0.05) is 173 Å².